The predicted octanol–water partition coefficient (Wildman–Crippen LogP) is 9.97. The standard InChI is InChI=1S/C39H26N2O/c1-4-12-33-26(8-1)20-28-21-27-17-16-25(23-37(27)40(28)33)24-18-19-35-32(22-24)29-9-2-5-13-34(29)41(35)36-14-7-11-31-30-10-3-6-15-38(30)42-39(31)36/h1-19,22-23,28H,20-21H2. The molecule has 0 spiro atoms. The van der Waals surface area contributed by atoms with Crippen LogP contribution >= 0.6 is 0 Å². The molecule has 0 bridgehead atoms. The van der Waals surface area contributed by atoms with Gasteiger partial charge in [-0.05, 0) is 77.6 Å². The summed E-state index contributed by atoms with van der Waals surface area (Å²) in [5.41, 5.74) is 13.4. The van der Waals surface area contributed by atoms with Crippen LogP contribution in [0.25, 0.3) is 60.6 Å². The van der Waals surface area contributed by atoms with Gasteiger partial charge in [-0.2, -0.15) is 0 Å². The summed E-state index contributed by atoms with van der Waals surface area (Å²) >= 11 is 0. The molecule has 0 radical (unpaired) electrons. The monoisotopic (exact) mass is 538 g/mol. The summed E-state index contributed by atoms with van der Waals surface area (Å²) in [5, 5.41) is 4.79. The van der Waals surface area contributed by atoms with Gasteiger partial charge in [-0.15, -0.1) is 0 Å². The lowest BCUT2D eigenvalue weighted by Crippen LogP contribution is -2.22. The molecular formula is C39H26N2O. The minimum atomic E-state index is 0.536. The lowest BCUT2D eigenvalue weighted by atomic mass is 9.99. The largest absolute Gasteiger partial charge is 0.454 e. The number of hydrogen-bond acceptors (Lipinski definition) is 2. The molecule has 0 aliphatic carbocycles. The number of hydrogen-bond donors (Lipinski definition) is 0. The van der Waals surface area contributed by atoms with Crippen LogP contribution in [0.3, 0.4) is 0 Å². The molecule has 2 aliphatic rings. The Labute approximate surface area is 242 Å². The van der Waals surface area contributed by atoms with Crippen LogP contribution in [-0.2, 0) is 12.8 Å². The molecule has 6 aromatic carbocycles. The molecule has 1 atom stereocenters. The van der Waals surface area contributed by atoms with E-state index in [1.54, 1.807) is 0 Å². The lowest BCUT2D eigenvalue weighted by molar-refractivity contribution is 0.666. The molecule has 1 unspecified atom stereocenters. The smallest absolute Gasteiger partial charge is 0.159 e. The van der Waals surface area contributed by atoms with Gasteiger partial charge in [0, 0.05) is 39.0 Å². The highest BCUT2D eigenvalue weighted by Crippen LogP contribution is 2.47. The first-order valence-corrected chi connectivity index (χ1v) is 14.8. The van der Waals surface area contributed by atoms with Gasteiger partial charge in [-0.3, -0.25) is 0 Å². The first-order valence-electron chi connectivity index (χ1n) is 14.8. The van der Waals surface area contributed by atoms with Crippen molar-refractivity contribution < 1.29 is 4.42 Å². The van der Waals surface area contributed by atoms with Crippen molar-refractivity contribution in [2.75, 3.05) is 4.90 Å². The summed E-state index contributed by atoms with van der Waals surface area (Å²) in [6.07, 6.45) is 2.24. The van der Waals surface area contributed by atoms with Crippen molar-refractivity contribution in [3.05, 3.63) is 139 Å². The second-order valence-corrected chi connectivity index (χ2v) is 11.7. The number of fused-ring (bicyclic) bond motifs is 11. The summed E-state index contributed by atoms with van der Waals surface area (Å²) < 4.78 is 8.84. The highest BCUT2D eigenvalue weighted by molar-refractivity contribution is 6.13. The number of para-hydroxylation sites is 4. The van der Waals surface area contributed by atoms with Gasteiger partial charge in [0.25, 0.3) is 0 Å². The fourth-order valence-electron chi connectivity index (χ4n) is 7.66. The maximum atomic E-state index is 6.47. The molecule has 0 N–H and O–H groups in total. The Morgan fingerprint density at radius 2 is 1.19 bits per heavy atom. The second kappa shape index (κ2) is 8.14. The Hall–Kier alpha value is -5.28. The van der Waals surface area contributed by atoms with Gasteiger partial charge in [0.05, 0.1) is 16.7 Å². The normalized spacial score (nSPS) is 15.6. The van der Waals surface area contributed by atoms with Crippen molar-refractivity contribution in [2.45, 2.75) is 18.9 Å². The lowest BCUT2D eigenvalue weighted by Gasteiger charge is -2.21. The van der Waals surface area contributed by atoms with Crippen molar-refractivity contribution in [3.63, 3.8) is 0 Å². The summed E-state index contributed by atoms with van der Waals surface area (Å²) in [7, 11) is 0. The molecule has 0 saturated heterocycles. The van der Waals surface area contributed by atoms with E-state index in [9.17, 15) is 0 Å². The molecule has 10 rings (SSSR count). The van der Waals surface area contributed by atoms with Crippen LogP contribution in [-0.4, -0.2) is 10.6 Å². The SMILES string of the molecule is c1ccc2c(c1)CC1Cc3ccc(-c4ccc5c(c4)c4ccccc4n5-c4cccc5c4oc4ccccc45)cc3N21. The molecule has 3 heteroatoms. The van der Waals surface area contributed by atoms with Gasteiger partial charge in [0.15, 0.2) is 5.58 Å². The predicted molar refractivity (Wildman–Crippen MR) is 173 cm³/mol. The molecule has 198 valence electrons. The average molecular weight is 539 g/mol. The van der Waals surface area contributed by atoms with E-state index in [-0.39, 0.29) is 0 Å². The maximum absolute atomic E-state index is 6.47. The summed E-state index contributed by atoms with van der Waals surface area (Å²) in [6, 6.07) is 46.9. The highest BCUT2D eigenvalue weighted by atomic mass is 16.3. The van der Waals surface area contributed by atoms with Gasteiger partial charge < -0.3 is 13.9 Å². The van der Waals surface area contributed by atoms with Crippen molar-refractivity contribution in [2.24, 2.45) is 0 Å². The van der Waals surface area contributed by atoms with Gasteiger partial charge in [-0.25, -0.2) is 0 Å². The Balaban J connectivity index is 1.17. The highest BCUT2D eigenvalue weighted by Gasteiger charge is 2.36. The van der Waals surface area contributed by atoms with E-state index < -0.39 is 0 Å². The number of nitrogens with zero attached hydrogens (tertiary/aromatic N) is 2. The third-order valence-corrected chi connectivity index (χ3v) is 9.50. The molecule has 2 aliphatic heterocycles. The topological polar surface area (TPSA) is 21.3 Å². The summed E-state index contributed by atoms with van der Waals surface area (Å²) in [5.74, 6) is 0. The van der Waals surface area contributed by atoms with E-state index in [0.29, 0.717) is 6.04 Å². The number of aromatic nitrogens is 1. The van der Waals surface area contributed by atoms with Gasteiger partial charge in [-0.1, -0.05) is 84.9 Å². The van der Waals surface area contributed by atoms with Crippen molar-refractivity contribution in [3.8, 4) is 16.8 Å². The Kier molecular flexibility index (Phi) is 4.35. The molecule has 0 fully saturated rings. The van der Waals surface area contributed by atoms with Gasteiger partial charge >= 0.3 is 0 Å². The Morgan fingerprint density at radius 3 is 2.14 bits per heavy atom. The quantitative estimate of drug-likeness (QED) is 0.218. The molecule has 8 aromatic rings. The first kappa shape index (κ1) is 22.4. The van der Waals surface area contributed by atoms with Crippen LogP contribution in [0.15, 0.2) is 132 Å². The number of rotatable bonds is 2. The molecule has 0 saturated carbocycles. The van der Waals surface area contributed by atoms with E-state index in [0.717, 1.165) is 40.5 Å². The van der Waals surface area contributed by atoms with Gasteiger partial charge in [0.2, 0.25) is 0 Å². The van der Waals surface area contributed by atoms with Crippen LogP contribution in [0.5, 0.6) is 0 Å². The fourth-order valence-corrected chi connectivity index (χ4v) is 7.66. The van der Waals surface area contributed by atoms with Gasteiger partial charge in [0.1, 0.15) is 5.58 Å². The van der Waals surface area contributed by atoms with E-state index >= 15 is 0 Å². The van der Waals surface area contributed by atoms with Crippen molar-refractivity contribution >= 4 is 55.1 Å². The molecule has 42 heavy (non-hydrogen) atoms. The molecule has 2 aromatic heterocycles. The van der Waals surface area contributed by atoms with Crippen LogP contribution in [0.4, 0.5) is 11.4 Å². The zero-order valence-electron chi connectivity index (χ0n) is 22.9. The van der Waals surface area contributed by atoms with E-state index in [1.807, 2.05) is 6.07 Å². The third-order valence-electron chi connectivity index (χ3n) is 9.50. The maximum Gasteiger partial charge on any atom is 0.159 e. The number of benzene rings is 6. The zero-order valence-corrected chi connectivity index (χ0v) is 22.9. The minimum Gasteiger partial charge on any atom is -0.454 e. The van der Waals surface area contributed by atoms with Crippen LogP contribution in [0, 0.1) is 0 Å². The van der Waals surface area contributed by atoms with Crippen LogP contribution < -0.4 is 4.90 Å². The first-order chi connectivity index (χ1) is 20.8. The number of furan rings is 1. The Morgan fingerprint density at radius 1 is 0.500 bits per heavy atom. The second-order valence-electron chi connectivity index (χ2n) is 11.7. The summed E-state index contributed by atoms with van der Waals surface area (Å²) in [6.45, 7) is 0. The average Bonchev–Trinajstić information content (AvgIpc) is 3.78. The van der Waals surface area contributed by atoms with Crippen molar-refractivity contribution in [1.82, 2.24) is 4.57 Å². The van der Waals surface area contributed by atoms with Crippen molar-refractivity contribution in [1.29, 1.82) is 0 Å². The fraction of sp³-hybridized carbons (Fsp3) is 0.0769. The zero-order chi connectivity index (χ0) is 27.4. The number of anilines is 2. The molecule has 4 heterocycles. The van der Waals surface area contributed by atoms with Crippen LogP contribution in [0.1, 0.15) is 11.1 Å². The van der Waals surface area contributed by atoms with E-state index in [2.05, 4.69) is 131 Å². The third kappa shape index (κ3) is 2.95. The van der Waals surface area contributed by atoms with E-state index in [1.165, 1.54) is 55.4 Å². The molecule has 3 nitrogen and oxygen atoms in total. The van der Waals surface area contributed by atoms with Crippen LogP contribution in [0.2, 0.25) is 0 Å². The minimum absolute atomic E-state index is 0.536. The summed E-state index contributed by atoms with van der Waals surface area (Å²) in [4.78, 5) is 2.58. The Bertz CT molecular complexity index is 2390. The van der Waals surface area contributed by atoms with E-state index in [4.69, 9.17) is 4.42 Å². The molecule has 0 amide bonds. The molecular weight excluding hydrogens is 512 g/mol.